The fraction of sp³-hybridized carbons (Fsp3) is 0.167. The summed E-state index contributed by atoms with van der Waals surface area (Å²) in [7, 11) is 1.49. The molecule has 0 N–H and O–H groups in total. The molecule has 0 radical (unpaired) electrons. The van der Waals surface area contributed by atoms with Crippen molar-refractivity contribution < 1.29 is 9.15 Å². The molecule has 1 aromatic heterocycles. The van der Waals surface area contributed by atoms with Gasteiger partial charge in [0.15, 0.2) is 11.3 Å². The van der Waals surface area contributed by atoms with Gasteiger partial charge in [-0.3, -0.25) is 0 Å². The number of rotatable bonds is 1. The Morgan fingerprint density at radius 2 is 2.19 bits per heavy atom. The molecular formula is C12H9NO3. The third-order valence-electron chi connectivity index (χ3n) is 2.38. The fourth-order valence-electron chi connectivity index (χ4n) is 1.53. The van der Waals surface area contributed by atoms with Gasteiger partial charge in [-0.15, -0.1) is 0 Å². The van der Waals surface area contributed by atoms with Crippen molar-refractivity contribution in [3.05, 3.63) is 39.7 Å². The Kier molecular flexibility index (Phi) is 2.37. The van der Waals surface area contributed by atoms with Crippen LogP contribution in [0.3, 0.4) is 0 Å². The summed E-state index contributed by atoms with van der Waals surface area (Å²) in [5, 5.41) is 9.55. The SMILES string of the molecule is COc1ccc(C#N)c2cc(C)c(=O)oc12. The number of nitriles is 1. The Balaban J connectivity index is 2.98. The lowest BCUT2D eigenvalue weighted by Crippen LogP contribution is -2.03. The Morgan fingerprint density at radius 1 is 1.44 bits per heavy atom. The molecule has 0 spiro atoms. The smallest absolute Gasteiger partial charge is 0.339 e. The first kappa shape index (κ1) is 10.2. The highest BCUT2D eigenvalue weighted by Gasteiger charge is 2.10. The second-order valence-electron chi connectivity index (χ2n) is 3.39. The number of benzene rings is 1. The minimum absolute atomic E-state index is 0.317. The number of ether oxygens (including phenoxy) is 1. The second-order valence-corrected chi connectivity index (χ2v) is 3.39. The molecule has 0 saturated heterocycles. The Hall–Kier alpha value is -2.28. The number of aryl methyl sites for hydroxylation is 1. The molecular weight excluding hydrogens is 206 g/mol. The zero-order chi connectivity index (χ0) is 11.7. The molecule has 1 heterocycles. The average molecular weight is 215 g/mol. The van der Waals surface area contributed by atoms with Crippen molar-refractivity contribution in [3.63, 3.8) is 0 Å². The molecule has 4 nitrogen and oxygen atoms in total. The third kappa shape index (κ3) is 1.43. The topological polar surface area (TPSA) is 63.2 Å². The van der Waals surface area contributed by atoms with E-state index < -0.39 is 5.63 Å². The maximum absolute atomic E-state index is 11.4. The molecule has 2 aromatic rings. The molecule has 0 bridgehead atoms. The first-order valence-electron chi connectivity index (χ1n) is 4.69. The van der Waals surface area contributed by atoms with Gasteiger partial charge in [-0.2, -0.15) is 5.26 Å². The first-order valence-corrected chi connectivity index (χ1v) is 4.69. The predicted molar refractivity (Wildman–Crippen MR) is 58.5 cm³/mol. The number of fused-ring (bicyclic) bond motifs is 1. The van der Waals surface area contributed by atoms with Crippen molar-refractivity contribution in [2.24, 2.45) is 0 Å². The Bertz CT molecular complexity index is 650. The van der Waals surface area contributed by atoms with Crippen LogP contribution in [0, 0.1) is 18.3 Å². The van der Waals surface area contributed by atoms with Gasteiger partial charge in [0.2, 0.25) is 0 Å². The Labute approximate surface area is 91.7 Å². The highest BCUT2D eigenvalue weighted by molar-refractivity contribution is 5.88. The lowest BCUT2D eigenvalue weighted by molar-refractivity contribution is 0.406. The van der Waals surface area contributed by atoms with Crippen molar-refractivity contribution in [3.8, 4) is 11.8 Å². The monoisotopic (exact) mass is 215 g/mol. The van der Waals surface area contributed by atoms with Crippen molar-refractivity contribution in [1.82, 2.24) is 0 Å². The van der Waals surface area contributed by atoms with E-state index in [1.807, 2.05) is 0 Å². The van der Waals surface area contributed by atoms with Crippen LogP contribution in [0.15, 0.2) is 27.4 Å². The molecule has 80 valence electrons. The van der Waals surface area contributed by atoms with E-state index in [2.05, 4.69) is 6.07 Å². The zero-order valence-electron chi connectivity index (χ0n) is 8.90. The minimum atomic E-state index is -0.416. The number of nitrogens with zero attached hydrogens (tertiary/aromatic N) is 1. The van der Waals surface area contributed by atoms with Crippen LogP contribution < -0.4 is 10.4 Å². The molecule has 4 heteroatoms. The third-order valence-corrected chi connectivity index (χ3v) is 2.38. The summed E-state index contributed by atoms with van der Waals surface area (Å²) in [5.74, 6) is 0.450. The van der Waals surface area contributed by atoms with Crippen molar-refractivity contribution >= 4 is 11.0 Å². The van der Waals surface area contributed by atoms with Crippen LogP contribution in [0.2, 0.25) is 0 Å². The minimum Gasteiger partial charge on any atom is -0.493 e. The highest BCUT2D eigenvalue weighted by Crippen LogP contribution is 2.27. The van der Waals surface area contributed by atoms with E-state index in [1.165, 1.54) is 7.11 Å². The van der Waals surface area contributed by atoms with Gasteiger partial charge in [0.1, 0.15) is 0 Å². The lowest BCUT2D eigenvalue weighted by Gasteiger charge is -2.05. The van der Waals surface area contributed by atoms with Crippen molar-refractivity contribution in [1.29, 1.82) is 5.26 Å². The van der Waals surface area contributed by atoms with Gasteiger partial charge in [0.25, 0.3) is 0 Å². The van der Waals surface area contributed by atoms with E-state index >= 15 is 0 Å². The number of hydrogen-bond acceptors (Lipinski definition) is 4. The largest absolute Gasteiger partial charge is 0.493 e. The molecule has 16 heavy (non-hydrogen) atoms. The number of methoxy groups -OCH3 is 1. The van der Waals surface area contributed by atoms with Crippen LogP contribution in [0.1, 0.15) is 11.1 Å². The van der Waals surface area contributed by atoms with Gasteiger partial charge in [0, 0.05) is 10.9 Å². The first-order chi connectivity index (χ1) is 7.67. The van der Waals surface area contributed by atoms with Gasteiger partial charge < -0.3 is 9.15 Å². The normalized spacial score (nSPS) is 10.1. The van der Waals surface area contributed by atoms with Crippen molar-refractivity contribution in [2.45, 2.75) is 6.92 Å². The maximum Gasteiger partial charge on any atom is 0.339 e. The van der Waals surface area contributed by atoms with Crippen LogP contribution in [-0.4, -0.2) is 7.11 Å². The van der Waals surface area contributed by atoms with Crippen molar-refractivity contribution in [2.75, 3.05) is 7.11 Å². The van der Waals surface area contributed by atoms with E-state index in [4.69, 9.17) is 14.4 Å². The molecule has 0 amide bonds. The standard InChI is InChI=1S/C12H9NO3/c1-7-5-9-8(6-13)3-4-10(15-2)11(9)16-12(7)14/h3-5H,1-2H3. The second kappa shape index (κ2) is 3.70. The molecule has 0 aliphatic carbocycles. The zero-order valence-corrected chi connectivity index (χ0v) is 8.90. The summed E-state index contributed by atoms with van der Waals surface area (Å²) in [6.07, 6.45) is 0. The van der Waals surface area contributed by atoms with Crippen LogP contribution >= 0.6 is 0 Å². The fourth-order valence-corrected chi connectivity index (χ4v) is 1.53. The van der Waals surface area contributed by atoms with Gasteiger partial charge in [-0.1, -0.05) is 0 Å². The summed E-state index contributed by atoms with van der Waals surface area (Å²) in [4.78, 5) is 11.4. The lowest BCUT2D eigenvalue weighted by atomic mass is 10.1. The summed E-state index contributed by atoms with van der Waals surface area (Å²) in [6, 6.07) is 6.94. The molecule has 0 atom stereocenters. The molecule has 1 aromatic carbocycles. The van der Waals surface area contributed by atoms with Crippen LogP contribution in [0.5, 0.6) is 5.75 Å². The summed E-state index contributed by atoms with van der Waals surface area (Å²) >= 11 is 0. The molecule has 2 rings (SSSR count). The van der Waals surface area contributed by atoms with Gasteiger partial charge >= 0.3 is 5.63 Å². The summed E-state index contributed by atoms with van der Waals surface area (Å²) < 4.78 is 10.2. The molecule has 0 aliphatic rings. The summed E-state index contributed by atoms with van der Waals surface area (Å²) in [6.45, 7) is 1.64. The highest BCUT2D eigenvalue weighted by atomic mass is 16.5. The van der Waals surface area contributed by atoms with E-state index in [-0.39, 0.29) is 0 Å². The van der Waals surface area contributed by atoms with Gasteiger partial charge in [-0.05, 0) is 25.1 Å². The average Bonchev–Trinajstić information content (AvgIpc) is 2.29. The van der Waals surface area contributed by atoms with E-state index in [0.29, 0.717) is 27.8 Å². The van der Waals surface area contributed by atoms with E-state index in [0.717, 1.165) is 0 Å². The number of hydrogen-bond donors (Lipinski definition) is 0. The van der Waals surface area contributed by atoms with E-state index in [1.54, 1.807) is 25.1 Å². The summed E-state index contributed by atoms with van der Waals surface area (Å²) in [5.41, 5.74) is 0.831. The molecule has 0 unspecified atom stereocenters. The predicted octanol–water partition coefficient (Wildman–Crippen LogP) is 1.98. The maximum atomic E-state index is 11.4. The van der Waals surface area contributed by atoms with Gasteiger partial charge in [-0.25, -0.2) is 4.79 Å². The quantitative estimate of drug-likeness (QED) is 0.682. The molecule has 0 aliphatic heterocycles. The van der Waals surface area contributed by atoms with Crippen LogP contribution in [-0.2, 0) is 0 Å². The Morgan fingerprint density at radius 3 is 2.81 bits per heavy atom. The molecule has 0 saturated carbocycles. The van der Waals surface area contributed by atoms with Gasteiger partial charge in [0.05, 0.1) is 18.7 Å². The van der Waals surface area contributed by atoms with E-state index in [9.17, 15) is 4.79 Å². The van der Waals surface area contributed by atoms with Crippen LogP contribution in [0.4, 0.5) is 0 Å². The molecule has 0 fully saturated rings. The van der Waals surface area contributed by atoms with Crippen LogP contribution in [0.25, 0.3) is 11.0 Å².